The molecule has 0 radical (unpaired) electrons. The van der Waals surface area contributed by atoms with Gasteiger partial charge >= 0.3 is 5.97 Å². The smallest absolute Gasteiger partial charge is 0.310 e. The number of carboxylic acid groups (broad SMARTS) is 1. The maximum Gasteiger partial charge on any atom is 0.310 e. The van der Waals surface area contributed by atoms with Crippen LogP contribution in [0.1, 0.15) is 44.0 Å². The van der Waals surface area contributed by atoms with Crippen LogP contribution < -0.4 is 0 Å². The van der Waals surface area contributed by atoms with Gasteiger partial charge in [-0.1, -0.05) is 13.3 Å². The van der Waals surface area contributed by atoms with Gasteiger partial charge in [0, 0.05) is 18.0 Å². The SMILES string of the molecule is CCC1CCC(Cc2nccs2)(C(=O)O)CC1. The highest BCUT2D eigenvalue weighted by atomic mass is 32.1. The fourth-order valence-electron chi connectivity index (χ4n) is 2.73. The standard InChI is InChI=1S/C13H19NO2S/c1-2-10-3-5-13(6-4-10,12(15)16)9-11-14-7-8-17-11/h7-8,10H,2-6,9H2,1H3,(H,15,16). The second-order valence-electron chi connectivity index (χ2n) is 5.04. The first-order valence-electron chi connectivity index (χ1n) is 6.28. The lowest BCUT2D eigenvalue weighted by molar-refractivity contribution is -0.151. The van der Waals surface area contributed by atoms with Crippen molar-refractivity contribution < 1.29 is 9.90 Å². The first-order chi connectivity index (χ1) is 8.16. The Hall–Kier alpha value is -0.900. The number of aliphatic carboxylic acids is 1. The van der Waals surface area contributed by atoms with Crippen molar-refractivity contribution in [3.05, 3.63) is 16.6 Å². The number of carbonyl (C=O) groups is 1. The van der Waals surface area contributed by atoms with E-state index >= 15 is 0 Å². The van der Waals surface area contributed by atoms with E-state index in [1.165, 1.54) is 6.42 Å². The van der Waals surface area contributed by atoms with Crippen LogP contribution in [0.5, 0.6) is 0 Å². The van der Waals surface area contributed by atoms with Crippen molar-refractivity contribution >= 4 is 17.3 Å². The predicted octanol–water partition coefficient (Wildman–Crippen LogP) is 3.36. The van der Waals surface area contributed by atoms with Crippen LogP contribution in [0, 0.1) is 11.3 Å². The molecule has 1 saturated carbocycles. The summed E-state index contributed by atoms with van der Waals surface area (Å²) in [5, 5.41) is 12.4. The Balaban J connectivity index is 2.09. The molecule has 1 aliphatic rings. The second-order valence-corrected chi connectivity index (χ2v) is 6.02. The minimum absolute atomic E-state index is 0.552. The number of aromatic nitrogens is 1. The van der Waals surface area contributed by atoms with Gasteiger partial charge in [-0.2, -0.15) is 0 Å². The van der Waals surface area contributed by atoms with Gasteiger partial charge < -0.3 is 5.11 Å². The molecule has 1 aromatic rings. The third-order valence-electron chi connectivity index (χ3n) is 4.07. The summed E-state index contributed by atoms with van der Waals surface area (Å²) in [5.74, 6) is 0.0843. The molecule has 0 saturated heterocycles. The molecule has 0 aromatic carbocycles. The van der Waals surface area contributed by atoms with Crippen molar-refractivity contribution in [2.45, 2.75) is 45.4 Å². The number of nitrogens with zero attached hydrogens (tertiary/aromatic N) is 1. The minimum Gasteiger partial charge on any atom is -0.481 e. The summed E-state index contributed by atoms with van der Waals surface area (Å²) in [6.45, 7) is 2.19. The van der Waals surface area contributed by atoms with Crippen LogP contribution in [0.4, 0.5) is 0 Å². The Morgan fingerprint density at radius 3 is 2.76 bits per heavy atom. The van der Waals surface area contributed by atoms with E-state index in [1.54, 1.807) is 17.5 Å². The summed E-state index contributed by atoms with van der Waals surface area (Å²) in [4.78, 5) is 15.8. The number of thiazole rings is 1. The summed E-state index contributed by atoms with van der Waals surface area (Å²) in [7, 11) is 0. The largest absolute Gasteiger partial charge is 0.481 e. The molecule has 1 aliphatic carbocycles. The fraction of sp³-hybridized carbons (Fsp3) is 0.692. The van der Waals surface area contributed by atoms with E-state index in [2.05, 4.69) is 11.9 Å². The fourth-order valence-corrected chi connectivity index (χ4v) is 3.49. The van der Waals surface area contributed by atoms with Gasteiger partial charge in [0.25, 0.3) is 0 Å². The lowest BCUT2D eigenvalue weighted by atomic mass is 9.68. The normalized spacial score (nSPS) is 29.1. The number of hydrogen-bond donors (Lipinski definition) is 1. The summed E-state index contributed by atoms with van der Waals surface area (Å²) in [6, 6.07) is 0. The molecule has 1 fully saturated rings. The summed E-state index contributed by atoms with van der Waals surface area (Å²) < 4.78 is 0. The van der Waals surface area contributed by atoms with Gasteiger partial charge in [0.05, 0.1) is 10.4 Å². The highest BCUT2D eigenvalue weighted by Crippen LogP contribution is 2.42. The van der Waals surface area contributed by atoms with E-state index in [-0.39, 0.29) is 0 Å². The molecule has 3 nitrogen and oxygen atoms in total. The van der Waals surface area contributed by atoms with Crippen molar-refractivity contribution in [3.8, 4) is 0 Å². The molecule has 1 heterocycles. The average molecular weight is 253 g/mol. The van der Waals surface area contributed by atoms with Crippen LogP contribution in [0.25, 0.3) is 0 Å². The zero-order chi connectivity index (χ0) is 12.3. The van der Waals surface area contributed by atoms with Gasteiger partial charge in [-0.25, -0.2) is 4.98 Å². The van der Waals surface area contributed by atoms with Gasteiger partial charge in [-0.15, -0.1) is 11.3 Å². The molecule has 1 N–H and O–H groups in total. The van der Waals surface area contributed by atoms with Crippen molar-refractivity contribution in [2.75, 3.05) is 0 Å². The molecule has 1 aromatic heterocycles. The molecule has 94 valence electrons. The molecule has 0 spiro atoms. The molecule has 0 bridgehead atoms. The molecule has 17 heavy (non-hydrogen) atoms. The van der Waals surface area contributed by atoms with Crippen LogP contribution >= 0.6 is 11.3 Å². The van der Waals surface area contributed by atoms with Crippen molar-refractivity contribution in [1.29, 1.82) is 0 Å². The van der Waals surface area contributed by atoms with E-state index in [4.69, 9.17) is 0 Å². The van der Waals surface area contributed by atoms with Crippen molar-refractivity contribution in [3.63, 3.8) is 0 Å². The van der Waals surface area contributed by atoms with E-state index in [9.17, 15) is 9.90 Å². The zero-order valence-corrected chi connectivity index (χ0v) is 11.0. The van der Waals surface area contributed by atoms with Crippen molar-refractivity contribution in [2.24, 2.45) is 11.3 Å². The molecule has 0 atom stereocenters. The quantitative estimate of drug-likeness (QED) is 0.895. The predicted molar refractivity (Wildman–Crippen MR) is 68.1 cm³/mol. The van der Waals surface area contributed by atoms with E-state index in [0.29, 0.717) is 6.42 Å². The first kappa shape index (κ1) is 12.6. The maximum absolute atomic E-state index is 11.6. The van der Waals surface area contributed by atoms with Gasteiger partial charge in [-0.3, -0.25) is 4.79 Å². The van der Waals surface area contributed by atoms with E-state index in [0.717, 1.165) is 36.6 Å². The summed E-state index contributed by atoms with van der Waals surface area (Å²) >= 11 is 1.56. The number of hydrogen-bond acceptors (Lipinski definition) is 3. The van der Waals surface area contributed by atoms with Gasteiger partial charge in [0.2, 0.25) is 0 Å². The summed E-state index contributed by atoms with van der Waals surface area (Å²) in [6.07, 6.45) is 7.25. The Morgan fingerprint density at radius 2 is 2.29 bits per heavy atom. The molecular formula is C13H19NO2S. The van der Waals surface area contributed by atoms with Gasteiger partial charge in [-0.05, 0) is 31.6 Å². The van der Waals surface area contributed by atoms with Gasteiger partial charge in [0.15, 0.2) is 0 Å². The monoisotopic (exact) mass is 253 g/mol. The van der Waals surface area contributed by atoms with E-state index < -0.39 is 11.4 Å². The van der Waals surface area contributed by atoms with Crippen LogP contribution in [0.3, 0.4) is 0 Å². The molecule has 0 unspecified atom stereocenters. The Kier molecular flexibility index (Phi) is 3.82. The summed E-state index contributed by atoms with van der Waals surface area (Å²) in [5.41, 5.74) is -0.552. The first-order valence-corrected chi connectivity index (χ1v) is 7.16. The molecule has 2 rings (SSSR count). The van der Waals surface area contributed by atoms with Crippen LogP contribution in [0.2, 0.25) is 0 Å². The highest BCUT2D eigenvalue weighted by molar-refractivity contribution is 7.09. The molecular weight excluding hydrogens is 234 g/mol. The van der Waals surface area contributed by atoms with Crippen LogP contribution in [0.15, 0.2) is 11.6 Å². The third-order valence-corrected chi connectivity index (χ3v) is 4.85. The minimum atomic E-state index is -0.637. The zero-order valence-electron chi connectivity index (χ0n) is 10.2. The highest BCUT2D eigenvalue weighted by Gasteiger charge is 2.42. The van der Waals surface area contributed by atoms with E-state index in [1.807, 2.05) is 5.38 Å². The van der Waals surface area contributed by atoms with Gasteiger partial charge in [0.1, 0.15) is 0 Å². The lowest BCUT2D eigenvalue weighted by Crippen LogP contribution is -2.37. The Bertz CT molecular complexity index is 367. The number of rotatable bonds is 4. The van der Waals surface area contributed by atoms with Crippen molar-refractivity contribution in [1.82, 2.24) is 4.98 Å². The molecule has 4 heteroatoms. The molecule has 0 aliphatic heterocycles. The second kappa shape index (κ2) is 5.17. The average Bonchev–Trinajstić information content (AvgIpc) is 2.82. The molecule has 0 amide bonds. The Labute approximate surface area is 106 Å². The van der Waals surface area contributed by atoms with Crippen LogP contribution in [-0.2, 0) is 11.2 Å². The lowest BCUT2D eigenvalue weighted by Gasteiger charge is -2.36. The van der Waals surface area contributed by atoms with Crippen LogP contribution in [-0.4, -0.2) is 16.1 Å². The Morgan fingerprint density at radius 1 is 1.59 bits per heavy atom. The third kappa shape index (κ3) is 2.68. The maximum atomic E-state index is 11.6. The number of carboxylic acids is 1. The topological polar surface area (TPSA) is 50.2 Å².